The van der Waals surface area contributed by atoms with Gasteiger partial charge in [-0.3, -0.25) is 4.98 Å². The Bertz CT molecular complexity index is 353. The van der Waals surface area contributed by atoms with Gasteiger partial charge in [-0.05, 0) is 13.0 Å². The summed E-state index contributed by atoms with van der Waals surface area (Å²) in [5, 5.41) is 0. The summed E-state index contributed by atoms with van der Waals surface area (Å²) < 4.78 is 5.00. The van der Waals surface area contributed by atoms with Crippen LogP contribution in [0.25, 0.3) is 11.1 Å². The van der Waals surface area contributed by atoms with Gasteiger partial charge in [0.05, 0.1) is 6.20 Å². The van der Waals surface area contributed by atoms with E-state index in [0.717, 1.165) is 16.8 Å². The third-order valence-electron chi connectivity index (χ3n) is 1.35. The molecule has 2 aromatic heterocycles. The fourth-order valence-electron chi connectivity index (χ4n) is 0.864. The van der Waals surface area contributed by atoms with Crippen molar-refractivity contribution >= 4 is 11.1 Å². The Morgan fingerprint density at radius 3 is 3.20 bits per heavy atom. The summed E-state index contributed by atoms with van der Waals surface area (Å²) in [5.74, 6) is 0. The number of hydrogen-bond acceptors (Lipinski definition) is 3. The molecule has 0 aliphatic heterocycles. The van der Waals surface area contributed by atoms with E-state index < -0.39 is 0 Å². The quantitative estimate of drug-likeness (QED) is 0.548. The van der Waals surface area contributed by atoms with Crippen LogP contribution in [-0.2, 0) is 0 Å². The Hall–Kier alpha value is -1.38. The molecule has 3 heteroatoms. The number of aromatic nitrogens is 2. The van der Waals surface area contributed by atoms with E-state index >= 15 is 0 Å². The Kier molecular flexibility index (Phi) is 0.974. The second-order valence-corrected chi connectivity index (χ2v) is 2.15. The van der Waals surface area contributed by atoms with E-state index in [2.05, 4.69) is 9.97 Å². The van der Waals surface area contributed by atoms with Crippen molar-refractivity contribution in [3.63, 3.8) is 0 Å². The van der Waals surface area contributed by atoms with Crippen molar-refractivity contribution in [2.45, 2.75) is 6.92 Å². The Morgan fingerprint density at radius 1 is 1.40 bits per heavy atom. The van der Waals surface area contributed by atoms with E-state index in [9.17, 15) is 0 Å². The fraction of sp³-hybridized carbons (Fsp3) is 0.143. The molecule has 0 aliphatic carbocycles. The fourth-order valence-corrected chi connectivity index (χ4v) is 0.864. The summed E-state index contributed by atoms with van der Waals surface area (Å²) >= 11 is 0. The predicted molar refractivity (Wildman–Crippen MR) is 36.5 cm³/mol. The number of oxazole rings is 1. The van der Waals surface area contributed by atoms with Crippen LogP contribution in [0.5, 0.6) is 0 Å². The van der Waals surface area contributed by atoms with Crippen LogP contribution in [0, 0.1) is 6.92 Å². The minimum absolute atomic E-state index is 0.741. The molecule has 0 radical (unpaired) electrons. The van der Waals surface area contributed by atoms with Gasteiger partial charge >= 0.3 is 0 Å². The van der Waals surface area contributed by atoms with Crippen molar-refractivity contribution < 1.29 is 4.42 Å². The number of hydrogen-bond donors (Lipinski definition) is 0. The average molecular weight is 134 g/mol. The maximum absolute atomic E-state index is 5.00. The molecular weight excluding hydrogens is 128 g/mol. The molecule has 0 fully saturated rings. The zero-order valence-electron chi connectivity index (χ0n) is 5.53. The maximum atomic E-state index is 5.00. The highest BCUT2D eigenvalue weighted by Gasteiger charge is 1.96. The lowest BCUT2D eigenvalue weighted by Crippen LogP contribution is -1.77. The number of nitrogens with zero attached hydrogens (tertiary/aromatic N) is 2. The SMILES string of the molecule is Cc1cc2ncoc2cn1. The van der Waals surface area contributed by atoms with Crippen molar-refractivity contribution in [2.75, 3.05) is 0 Å². The standard InChI is InChI=1S/C7H6N2O/c1-5-2-6-7(3-8-5)10-4-9-6/h2-4H,1H3. The first-order valence-corrected chi connectivity index (χ1v) is 3.02. The molecule has 0 amide bonds. The van der Waals surface area contributed by atoms with Gasteiger partial charge < -0.3 is 4.42 Å². The van der Waals surface area contributed by atoms with Crippen molar-refractivity contribution in [3.8, 4) is 0 Å². The van der Waals surface area contributed by atoms with Crippen LogP contribution in [0.2, 0.25) is 0 Å². The summed E-state index contributed by atoms with van der Waals surface area (Å²) in [4.78, 5) is 8.02. The van der Waals surface area contributed by atoms with E-state index in [1.165, 1.54) is 6.39 Å². The molecule has 0 unspecified atom stereocenters. The second-order valence-electron chi connectivity index (χ2n) is 2.15. The molecular formula is C7H6N2O. The minimum Gasteiger partial charge on any atom is -0.442 e. The van der Waals surface area contributed by atoms with Gasteiger partial charge in [-0.2, -0.15) is 0 Å². The molecule has 2 rings (SSSR count). The highest BCUT2D eigenvalue weighted by atomic mass is 16.3. The minimum atomic E-state index is 0.741. The highest BCUT2D eigenvalue weighted by Crippen LogP contribution is 2.10. The first-order chi connectivity index (χ1) is 4.86. The van der Waals surface area contributed by atoms with Crippen LogP contribution in [0.3, 0.4) is 0 Å². The maximum Gasteiger partial charge on any atom is 0.182 e. The largest absolute Gasteiger partial charge is 0.442 e. The van der Waals surface area contributed by atoms with Gasteiger partial charge in [0.2, 0.25) is 0 Å². The molecule has 2 heterocycles. The highest BCUT2D eigenvalue weighted by molar-refractivity contribution is 5.70. The molecule has 0 bridgehead atoms. The van der Waals surface area contributed by atoms with Crippen LogP contribution in [0.15, 0.2) is 23.1 Å². The van der Waals surface area contributed by atoms with E-state index in [4.69, 9.17) is 4.42 Å². The normalized spacial score (nSPS) is 10.5. The predicted octanol–water partition coefficient (Wildman–Crippen LogP) is 1.53. The Labute approximate surface area is 57.7 Å². The molecule has 2 aromatic rings. The topological polar surface area (TPSA) is 38.9 Å². The Balaban J connectivity index is 2.86. The molecule has 3 nitrogen and oxygen atoms in total. The third kappa shape index (κ3) is 0.673. The van der Waals surface area contributed by atoms with Gasteiger partial charge in [0.25, 0.3) is 0 Å². The lowest BCUT2D eigenvalue weighted by molar-refractivity contribution is 0.600. The first kappa shape index (κ1) is 5.41. The second kappa shape index (κ2) is 1.80. The van der Waals surface area contributed by atoms with E-state index in [-0.39, 0.29) is 0 Å². The van der Waals surface area contributed by atoms with Crippen LogP contribution in [-0.4, -0.2) is 9.97 Å². The number of fused-ring (bicyclic) bond motifs is 1. The Morgan fingerprint density at radius 2 is 2.30 bits per heavy atom. The summed E-state index contributed by atoms with van der Waals surface area (Å²) in [5.41, 5.74) is 2.57. The van der Waals surface area contributed by atoms with Gasteiger partial charge in [-0.25, -0.2) is 4.98 Å². The summed E-state index contributed by atoms with van der Waals surface area (Å²) in [6.45, 7) is 1.92. The van der Waals surface area contributed by atoms with Crippen molar-refractivity contribution in [1.82, 2.24) is 9.97 Å². The first-order valence-electron chi connectivity index (χ1n) is 3.02. The van der Waals surface area contributed by atoms with Crippen LogP contribution in [0.1, 0.15) is 5.69 Å². The molecule has 0 atom stereocenters. The zero-order chi connectivity index (χ0) is 6.97. The van der Waals surface area contributed by atoms with E-state index in [0.29, 0.717) is 0 Å². The van der Waals surface area contributed by atoms with Crippen LogP contribution < -0.4 is 0 Å². The van der Waals surface area contributed by atoms with Gasteiger partial charge in [-0.1, -0.05) is 0 Å². The monoisotopic (exact) mass is 134 g/mol. The zero-order valence-corrected chi connectivity index (χ0v) is 5.53. The number of aryl methyl sites for hydroxylation is 1. The van der Waals surface area contributed by atoms with E-state index in [1.807, 2.05) is 13.0 Å². The summed E-state index contributed by atoms with van der Waals surface area (Å²) in [6, 6.07) is 1.89. The average Bonchev–Trinajstić information content (AvgIpc) is 2.33. The van der Waals surface area contributed by atoms with Crippen molar-refractivity contribution in [2.24, 2.45) is 0 Å². The third-order valence-corrected chi connectivity index (χ3v) is 1.35. The van der Waals surface area contributed by atoms with Gasteiger partial charge in [0.1, 0.15) is 5.52 Å². The molecule has 0 N–H and O–H groups in total. The van der Waals surface area contributed by atoms with Gasteiger partial charge in [0, 0.05) is 5.69 Å². The van der Waals surface area contributed by atoms with Crippen LogP contribution in [0.4, 0.5) is 0 Å². The summed E-state index contributed by atoms with van der Waals surface area (Å²) in [6.07, 6.45) is 3.10. The van der Waals surface area contributed by atoms with Gasteiger partial charge in [0.15, 0.2) is 12.0 Å². The lowest BCUT2D eigenvalue weighted by atomic mass is 10.3. The molecule has 0 saturated heterocycles. The molecule has 0 saturated carbocycles. The van der Waals surface area contributed by atoms with E-state index in [1.54, 1.807) is 6.20 Å². The molecule has 50 valence electrons. The molecule has 10 heavy (non-hydrogen) atoms. The molecule has 0 aliphatic rings. The van der Waals surface area contributed by atoms with Crippen molar-refractivity contribution in [3.05, 3.63) is 24.4 Å². The lowest BCUT2D eigenvalue weighted by Gasteiger charge is -1.86. The van der Waals surface area contributed by atoms with Crippen LogP contribution >= 0.6 is 0 Å². The number of pyridine rings is 1. The molecule has 0 aromatic carbocycles. The summed E-state index contributed by atoms with van der Waals surface area (Å²) in [7, 11) is 0. The number of rotatable bonds is 0. The smallest absolute Gasteiger partial charge is 0.182 e. The van der Waals surface area contributed by atoms with Gasteiger partial charge in [-0.15, -0.1) is 0 Å². The van der Waals surface area contributed by atoms with Crippen molar-refractivity contribution in [1.29, 1.82) is 0 Å². The molecule has 0 spiro atoms.